The Bertz CT molecular complexity index is 853. The lowest BCUT2D eigenvalue weighted by Gasteiger charge is -2.11. The predicted octanol–water partition coefficient (Wildman–Crippen LogP) is 3.53. The van der Waals surface area contributed by atoms with E-state index in [2.05, 4.69) is 16.0 Å². The van der Waals surface area contributed by atoms with Crippen molar-refractivity contribution in [1.82, 2.24) is 10.6 Å². The lowest BCUT2D eigenvalue weighted by Crippen LogP contribution is -2.34. The smallest absolute Gasteiger partial charge is 0.319 e. The predicted molar refractivity (Wildman–Crippen MR) is 102 cm³/mol. The molecular formula is C19H20ClN3O4. The quantitative estimate of drug-likeness (QED) is 0.729. The van der Waals surface area contributed by atoms with Crippen molar-refractivity contribution >= 4 is 29.2 Å². The SMILES string of the molecule is CC(C)NC(=O)Nc1ccc(CNC(=O)c2cc(Cl)c3c(c2)OCO3)cc1. The van der Waals surface area contributed by atoms with Gasteiger partial charge in [-0.1, -0.05) is 23.7 Å². The summed E-state index contributed by atoms with van der Waals surface area (Å²) in [4.78, 5) is 24.0. The average Bonchev–Trinajstić information content (AvgIpc) is 3.09. The van der Waals surface area contributed by atoms with E-state index in [-0.39, 0.29) is 24.8 Å². The Kier molecular flexibility index (Phi) is 5.71. The van der Waals surface area contributed by atoms with Crippen LogP contribution in [-0.2, 0) is 6.54 Å². The van der Waals surface area contributed by atoms with Gasteiger partial charge in [-0.3, -0.25) is 4.79 Å². The van der Waals surface area contributed by atoms with Gasteiger partial charge in [-0.05, 0) is 43.7 Å². The van der Waals surface area contributed by atoms with Crippen LogP contribution >= 0.6 is 11.6 Å². The number of urea groups is 1. The van der Waals surface area contributed by atoms with Crippen LogP contribution in [0.3, 0.4) is 0 Å². The van der Waals surface area contributed by atoms with Gasteiger partial charge in [0.05, 0.1) is 5.02 Å². The van der Waals surface area contributed by atoms with Crippen molar-refractivity contribution in [2.75, 3.05) is 12.1 Å². The number of amides is 3. The first-order valence-corrected chi connectivity index (χ1v) is 8.84. The van der Waals surface area contributed by atoms with Gasteiger partial charge in [-0.25, -0.2) is 4.79 Å². The third-order valence-corrected chi connectivity index (χ3v) is 4.05. The van der Waals surface area contributed by atoms with Crippen molar-refractivity contribution in [3.05, 3.63) is 52.5 Å². The molecule has 27 heavy (non-hydrogen) atoms. The minimum Gasteiger partial charge on any atom is -0.454 e. The highest BCUT2D eigenvalue weighted by Crippen LogP contribution is 2.39. The normalized spacial score (nSPS) is 12.0. The largest absolute Gasteiger partial charge is 0.454 e. The fourth-order valence-corrected chi connectivity index (χ4v) is 2.78. The second kappa shape index (κ2) is 8.18. The topological polar surface area (TPSA) is 88.7 Å². The van der Waals surface area contributed by atoms with E-state index in [1.54, 1.807) is 24.3 Å². The number of carbonyl (C=O) groups excluding carboxylic acids is 2. The number of hydrogen-bond donors (Lipinski definition) is 3. The van der Waals surface area contributed by atoms with Crippen molar-refractivity contribution in [1.29, 1.82) is 0 Å². The maximum Gasteiger partial charge on any atom is 0.319 e. The Morgan fingerprint density at radius 2 is 1.89 bits per heavy atom. The molecular weight excluding hydrogens is 370 g/mol. The molecule has 0 aliphatic carbocycles. The summed E-state index contributed by atoms with van der Waals surface area (Å²) >= 11 is 6.10. The van der Waals surface area contributed by atoms with E-state index in [4.69, 9.17) is 21.1 Å². The van der Waals surface area contributed by atoms with E-state index in [0.717, 1.165) is 5.56 Å². The van der Waals surface area contributed by atoms with Gasteiger partial charge in [0.15, 0.2) is 11.5 Å². The van der Waals surface area contributed by atoms with Crippen LogP contribution in [0.4, 0.5) is 10.5 Å². The highest BCUT2D eigenvalue weighted by molar-refractivity contribution is 6.32. The molecule has 2 aromatic rings. The number of ether oxygens (including phenoxy) is 2. The zero-order valence-electron chi connectivity index (χ0n) is 15.0. The summed E-state index contributed by atoms with van der Waals surface area (Å²) in [6, 6.07) is 10.2. The molecule has 142 valence electrons. The molecule has 0 bridgehead atoms. The Balaban J connectivity index is 1.56. The van der Waals surface area contributed by atoms with E-state index >= 15 is 0 Å². The van der Waals surface area contributed by atoms with E-state index < -0.39 is 0 Å². The van der Waals surface area contributed by atoms with Crippen LogP contribution in [0.2, 0.25) is 5.02 Å². The monoisotopic (exact) mass is 389 g/mol. The molecule has 0 saturated heterocycles. The molecule has 0 spiro atoms. The minimum atomic E-state index is -0.270. The Labute approximate surface area is 162 Å². The van der Waals surface area contributed by atoms with Gasteiger partial charge in [0.1, 0.15) is 0 Å². The standard InChI is InChI=1S/C19H20ClN3O4/c1-11(2)22-19(25)23-14-5-3-12(4-6-14)9-21-18(24)13-7-15(20)17-16(8-13)26-10-27-17/h3-8,11H,9-10H2,1-2H3,(H,21,24)(H2,22,23,25). The second-order valence-electron chi connectivity index (χ2n) is 6.32. The summed E-state index contributed by atoms with van der Waals surface area (Å²) in [6.07, 6.45) is 0. The third-order valence-electron chi connectivity index (χ3n) is 3.77. The van der Waals surface area contributed by atoms with Crippen molar-refractivity contribution in [3.8, 4) is 11.5 Å². The molecule has 0 atom stereocenters. The molecule has 1 aliphatic heterocycles. The molecule has 0 saturated carbocycles. The molecule has 1 aliphatic rings. The van der Waals surface area contributed by atoms with Gasteiger partial charge in [0.2, 0.25) is 6.79 Å². The van der Waals surface area contributed by atoms with Gasteiger partial charge in [0, 0.05) is 23.8 Å². The zero-order chi connectivity index (χ0) is 19.4. The van der Waals surface area contributed by atoms with E-state index in [9.17, 15) is 9.59 Å². The van der Waals surface area contributed by atoms with Crippen LogP contribution in [0.1, 0.15) is 29.8 Å². The first-order chi connectivity index (χ1) is 12.9. The maximum absolute atomic E-state index is 12.4. The molecule has 3 amide bonds. The van der Waals surface area contributed by atoms with Crippen LogP contribution in [0.5, 0.6) is 11.5 Å². The number of hydrogen-bond acceptors (Lipinski definition) is 4. The summed E-state index contributed by atoms with van der Waals surface area (Å²) in [7, 11) is 0. The van der Waals surface area contributed by atoms with Crippen molar-refractivity contribution in [2.24, 2.45) is 0 Å². The molecule has 8 heteroatoms. The molecule has 0 radical (unpaired) electrons. The van der Waals surface area contributed by atoms with Crippen molar-refractivity contribution in [3.63, 3.8) is 0 Å². The highest BCUT2D eigenvalue weighted by Gasteiger charge is 2.20. The van der Waals surface area contributed by atoms with Gasteiger partial charge in [-0.2, -0.15) is 0 Å². The number of rotatable bonds is 5. The van der Waals surface area contributed by atoms with Gasteiger partial charge < -0.3 is 25.4 Å². The second-order valence-corrected chi connectivity index (χ2v) is 6.73. The summed E-state index contributed by atoms with van der Waals surface area (Å²) in [5.74, 6) is 0.647. The Morgan fingerprint density at radius 3 is 2.59 bits per heavy atom. The van der Waals surface area contributed by atoms with Crippen molar-refractivity contribution in [2.45, 2.75) is 26.4 Å². The summed E-state index contributed by atoms with van der Waals surface area (Å²) < 4.78 is 10.5. The summed E-state index contributed by atoms with van der Waals surface area (Å²) in [6.45, 7) is 4.20. The van der Waals surface area contributed by atoms with Gasteiger partial charge in [0.25, 0.3) is 5.91 Å². The van der Waals surface area contributed by atoms with Crippen LogP contribution in [0.15, 0.2) is 36.4 Å². The van der Waals surface area contributed by atoms with Crippen LogP contribution in [-0.4, -0.2) is 24.8 Å². The lowest BCUT2D eigenvalue weighted by atomic mass is 10.1. The Morgan fingerprint density at radius 1 is 1.15 bits per heavy atom. The van der Waals surface area contributed by atoms with Crippen LogP contribution in [0.25, 0.3) is 0 Å². The van der Waals surface area contributed by atoms with Crippen LogP contribution in [0, 0.1) is 0 Å². The number of carbonyl (C=O) groups is 2. The lowest BCUT2D eigenvalue weighted by molar-refractivity contribution is 0.0950. The number of nitrogens with one attached hydrogen (secondary N) is 3. The number of benzene rings is 2. The fourth-order valence-electron chi connectivity index (χ4n) is 2.52. The van der Waals surface area contributed by atoms with Crippen LogP contribution < -0.4 is 25.4 Å². The van der Waals surface area contributed by atoms with Crippen molar-refractivity contribution < 1.29 is 19.1 Å². The molecule has 7 nitrogen and oxygen atoms in total. The molecule has 0 fully saturated rings. The summed E-state index contributed by atoms with van der Waals surface area (Å²) in [5, 5.41) is 8.66. The minimum absolute atomic E-state index is 0.0594. The zero-order valence-corrected chi connectivity index (χ0v) is 15.7. The van der Waals surface area contributed by atoms with Gasteiger partial charge in [-0.15, -0.1) is 0 Å². The average molecular weight is 390 g/mol. The van der Waals surface area contributed by atoms with E-state index in [1.165, 1.54) is 0 Å². The first kappa shape index (κ1) is 18.8. The molecule has 2 aromatic carbocycles. The molecule has 0 unspecified atom stereocenters. The maximum atomic E-state index is 12.4. The molecule has 3 N–H and O–H groups in total. The fraction of sp³-hybridized carbons (Fsp3) is 0.263. The third kappa shape index (κ3) is 4.83. The first-order valence-electron chi connectivity index (χ1n) is 8.46. The van der Waals surface area contributed by atoms with E-state index in [1.807, 2.05) is 26.0 Å². The molecule has 0 aromatic heterocycles. The van der Waals surface area contributed by atoms with E-state index in [0.29, 0.717) is 34.3 Å². The highest BCUT2D eigenvalue weighted by atomic mass is 35.5. The molecule has 1 heterocycles. The number of fused-ring (bicyclic) bond motifs is 1. The Hall–Kier alpha value is -2.93. The number of anilines is 1. The number of halogens is 1. The van der Waals surface area contributed by atoms with Gasteiger partial charge >= 0.3 is 6.03 Å². The summed E-state index contributed by atoms with van der Waals surface area (Å²) in [5.41, 5.74) is 1.96. The molecule has 3 rings (SSSR count).